The molecular formula is C30H40FN3O4. The lowest BCUT2D eigenvalue weighted by atomic mass is 9.93. The summed E-state index contributed by atoms with van der Waals surface area (Å²) >= 11 is 0. The zero-order chi connectivity index (χ0) is 26.7. The molecule has 2 aromatic rings. The van der Waals surface area contributed by atoms with E-state index in [1.165, 1.54) is 17.7 Å². The van der Waals surface area contributed by atoms with E-state index in [0.717, 1.165) is 75.0 Å². The third-order valence-electron chi connectivity index (χ3n) is 8.07. The molecule has 0 amide bonds. The van der Waals surface area contributed by atoms with Gasteiger partial charge < -0.3 is 19.9 Å². The molecule has 0 radical (unpaired) electrons. The highest BCUT2D eigenvalue weighted by Crippen LogP contribution is 2.42. The van der Waals surface area contributed by atoms with Crippen LogP contribution in [-0.2, 0) is 27.1 Å². The van der Waals surface area contributed by atoms with Gasteiger partial charge in [-0.05, 0) is 100 Å². The highest BCUT2D eigenvalue weighted by Gasteiger charge is 2.39. The average Bonchev–Trinajstić information content (AvgIpc) is 3.49. The number of rotatable bonds is 10. The molecule has 5 rings (SSSR count). The van der Waals surface area contributed by atoms with Gasteiger partial charge in [0.15, 0.2) is 0 Å². The van der Waals surface area contributed by atoms with E-state index in [-0.39, 0.29) is 17.8 Å². The van der Waals surface area contributed by atoms with Crippen LogP contribution in [0.25, 0.3) is 0 Å². The van der Waals surface area contributed by atoms with Crippen LogP contribution in [0.2, 0.25) is 0 Å². The molecule has 3 atom stereocenters. The summed E-state index contributed by atoms with van der Waals surface area (Å²) in [7, 11) is 0. The topological polar surface area (TPSA) is 83.9 Å². The maximum absolute atomic E-state index is 14.3. The van der Waals surface area contributed by atoms with Gasteiger partial charge in [0.05, 0.1) is 17.8 Å². The Morgan fingerprint density at radius 2 is 2.16 bits per heavy atom. The monoisotopic (exact) mass is 525 g/mol. The summed E-state index contributed by atoms with van der Waals surface area (Å²) < 4.78 is 26.7. The summed E-state index contributed by atoms with van der Waals surface area (Å²) in [4.78, 5) is 19.1. The normalized spacial score (nSPS) is 23.7. The van der Waals surface area contributed by atoms with Crippen LogP contribution in [0.15, 0.2) is 30.3 Å². The van der Waals surface area contributed by atoms with Crippen LogP contribution in [0.3, 0.4) is 0 Å². The number of ether oxygens (including phenoxy) is 2. The first-order chi connectivity index (χ1) is 18.3. The second kappa shape index (κ2) is 11.7. The Hall–Kier alpha value is -2.55. The number of hydrogen-bond acceptors (Lipinski definition) is 6. The number of likely N-dealkylation sites (tertiary alicyclic amines) is 1. The van der Waals surface area contributed by atoms with E-state index in [1.807, 2.05) is 18.7 Å². The lowest BCUT2D eigenvalue weighted by molar-refractivity contribution is -0.143. The van der Waals surface area contributed by atoms with Crippen molar-refractivity contribution in [1.82, 2.24) is 9.88 Å². The smallest absolute Gasteiger partial charge is 0.325 e. The molecule has 7 nitrogen and oxygen atoms in total. The van der Waals surface area contributed by atoms with Gasteiger partial charge in [0.2, 0.25) is 0 Å². The Labute approximate surface area is 224 Å². The number of pyridine rings is 1. The van der Waals surface area contributed by atoms with Crippen molar-refractivity contribution in [2.24, 2.45) is 0 Å². The molecule has 0 spiro atoms. The molecule has 2 N–H and O–H groups in total. The first-order valence-corrected chi connectivity index (χ1v) is 14.1. The first-order valence-electron chi connectivity index (χ1n) is 14.1. The number of benzene rings is 1. The fourth-order valence-electron chi connectivity index (χ4n) is 6.05. The average molecular weight is 526 g/mol. The Morgan fingerprint density at radius 3 is 2.95 bits per heavy atom. The molecule has 1 aromatic heterocycles. The molecular weight excluding hydrogens is 485 g/mol. The predicted molar refractivity (Wildman–Crippen MR) is 144 cm³/mol. The molecule has 3 aliphatic rings. The van der Waals surface area contributed by atoms with E-state index in [2.05, 4.69) is 17.4 Å². The summed E-state index contributed by atoms with van der Waals surface area (Å²) in [6.07, 6.45) is 7.27. The number of nitrogens with one attached hydrogen (secondary N) is 1. The molecule has 0 saturated carbocycles. The number of aliphatic carboxylic acids is 1. The summed E-state index contributed by atoms with van der Waals surface area (Å²) in [5.74, 6) is -0.362. The molecule has 4 heterocycles. The maximum atomic E-state index is 14.3. The fourth-order valence-corrected chi connectivity index (χ4v) is 6.05. The number of hydrogen-bond donors (Lipinski definition) is 2. The van der Waals surface area contributed by atoms with Gasteiger partial charge in [-0.3, -0.25) is 9.69 Å². The van der Waals surface area contributed by atoms with Crippen molar-refractivity contribution in [1.29, 1.82) is 0 Å². The van der Waals surface area contributed by atoms with Crippen LogP contribution in [0, 0.1) is 5.82 Å². The molecule has 8 heteroatoms. The number of carbonyl (C=O) groups is 1. The molecule has 3 aliphatic heterocycles. The lowest BCUT2D eigenvalue weighted by Gasteiger charge is -2.28. The fraction of sp³-hybridized carbons (Fsp3) is 0.600. The van der Waals surface area contributed by atoms with Crippen molar-refractivity contribution < 1.29 is 23.8 Å². The van der Waals surface area contributed by atoms with Crippen molar-refractivity contribution >= 4 is 11.8 Å². The standard InChI is InChI=1S/C30H40FN3O4/c1-30(2)14-12-26(38-30)24-11-9-21(31)18-25(24)27(29(35)36)34-16-13-23(19-34)37-17-4-3-7-22-10-8-20-6-5-15-32-28(20)33-22/h8-11,18,23,26-27H,3-7,12-17,19H2,1-2H3,(H,32,33)(H,35,36)/t23-,26?,27?/m1/s1. The second-order valence-electron chi connectivity index (χ2n) is 11.5. The van der Waals surface area contributed by atoms with Crippen molar-refractivity contribution in [3.05, 3.63) is 58.5 Å². The number of anilines is 1. The quantitative estimate of drug-likeness (QED) is 0.399. The number of unbranched alkanes of at least 4 members (excludes halogenated alkanes) is 1. The minimum atomic E-state index is -0.971. The van der Waals surface area contributed by atoms with Gasteiger partial charge in [0, 0.05) is 31.9 Å². The third-order valence-corrected chi connectivity index (χ3v) is 8.07. The number of nitrogens with zero attached hydrogens (tertiary/aromatic N) is 2. The van der Waals surface area contributed by atoms with E-state index in [0.29, 0.717) is 25.3 Å². The number of carboxylic acids is 1. The van der Waals surface area contributed by atoms with Crippen LogP contribution >= 0.6 is 0 Å². The number of aryl methyl sites for hydroxylation is 2. The van der Waals surface area contributed by atoms with Gasteiger partial charge in [-0.2, -0.15) is 0 Å². The van der Waals surface area contributed by atoms with Crippen molar-refractivity contribution in [2.75, 3.05) is 31.6 Å². The highest BCUT2D eigenvalue weighted by atomic mass is 19.1. The zero-order valence-electron chi connectivity index (χ0n) is 22.5. The van der Waals surface area contributed by atoms with Gasteiger partial charge in [-0.25, -0.2) is 9.37 Å². The van der Waals surface area contributed by atoms with Gasteiger partial charge >= 0.3 is 5.97 Å². The summed E-state index contributed by atoms with van der Waals surface area (Å²) in [5, 5.41) is 13.6. The van der Waals surface area contributed by atoms with Gasteiger partial charge in [-0.15, -0.1) is 0 Å². The molecule has 206 valence electrons. The van der Waals surface area contributed by atoms with E-state index in [9.17, 15) is 14.3 Å². The van der Waals surface area contributed by atoms with Crippen molar-refractivity contribution in [3.63, 3.8) is 0 Å². The van der Waals surface area contributed by atoms with E-state index < -0.39 is 17.8 Å². The number of fused-ring (bicyclic) bond motifs is 1. The summed E-state index contributed by atoms with van der Waals surface area (Å²) in [6.45, 7) is 6.81. The van der Waals surface area contributed by atoms with E-state index in [4.69, 9.17) is 14.5 Å². The molecule has 0 bridgehead atoms. The van der Waals surface area contributed by atoms with Crippen molar-refractivity contribution in [2.45, 2.75) is 89.1 Å². The Balaban J connectivity index is 1.14. The Morgan fingerprint density at radius 1 is 1.29 bits per heavy atom. The Bertz CT molecular complexity index is 1140. The predicted octanol–water partition coefficient (Wildman–Crippen LogP) is 5.45. The lowest BCUT2D eigenvalue weighted by Crippen LogP contribution is -2.34. The van der Waals surface area contributed by atoms with Crippen LogP contribution in [0.5, 0.6) is 0 Å². The zero-order valence-corrected chi connectivity index (χ0v) is 22.5. The van der Waals surface area contributed by atoms with E-state index >= 15 is 0 Å². The first kappa shape index (κ1) is 27.0. The van der Waals surface area contributed by atoms with E-state index in [1.54, 1.807) is 6.07 Å². The number of aromatic nitrogens is 1. The largest absolute Gasteiger partial charge is 0.480 e. The molecule has 0 aliphatic carbocycles. The SMILES string of the molecule is CC1(C)CCC(c2ccc(F)cc2C(C(=O)O)N2CC[C@@H](OCCCCc3ccc4c(n3)NCCC4)C2)O1. The maximum Gasteiger partial charge on any atom is 0.325 e. The summed E-state index contributed by atoms with van der Waals surface area (Å²) in [5.41, 5.74) is 3.41. The van der Waals surface area contributed by atoms with Gasteiger partial charge in [0.25, 0.3) is 0 Å². The van der Waals surface area contributed by atoms with Gasteiger partial charge in [0.1, 0.15) is 17.7 Å². The minimum absolute atomic E-state index is 0.0263. The van der Waals surface area contributed by atoms with Crippen LogP contribution in [0.1, 0.15) is 86.9 Å². The molecule has 1 aromatic carbocycles. The van der Waals surface area contributed by atoms with Crippen LogP contribution in [0.4, 0.5) is 10.2 Å². The number of halogens is 1. The van der Waals surface area contributed by atoms with Gasteiger partial charge in [-0.1, -0.05) is 12.1 Å². The molecule has 38 heavy (non-hydrogen) atoms. The van der Waals surface area contributed by atoms with Crippen LogP contribution in [-0.4, -0.2) is 58.9 Å². The van der Waals surface area contributed by atoms with Crippen LogP contribution < -0.4 is 5.32 Å². The molecule has 2 fully saturated rings. The minimum Gasteiger partial charge on any atom is -0.480 e. The highest BCUT2D eigenvalue weighted by molar-refractivity contribution is 5.76. The molecule has 2 saturated heterocycles. The molecule has 2 unspecified atom stereocenters. The second-order valence-corrected chi connectivity index (χ2v) is 11.5. The third kappa shape index (κ3) is 6.35. The Kier molecular flexibility index (Phi) is 8.31. The summed E-state index contributed by atoms with van der Waals surface area (Å²) in [6, 6.07) is 7.87. The number of carboxylic acid groups (broad SMARTS) is 1. The van der Waals surface area contributed by atoms with Crippen molar-refractivity contribution in [3.8, 4) is 0 Å².